The Morgan fingerprint density at radius 2 is 2.04 bits per heavy atom. The van der Waals surface area contributed by atoms with Gasteiger partial charge in [-0.25, -0.2) is 0 Å². The Bertz CT molecular complexity index is 932. The lowest BCUT2D eigenvalue weighted by Gasteiger charge is -2.18. The third-order valence-corrected chi connectivity index (χ3v) is 4.45. The van der Waals surface area contributed by atoms with E-state index in [0.717, 1.165) is 28.1 Å². The average Bonchev–Trinajstić information content (AvgIpc) is 2.66. The molecule has 0 bridgehead atoms. The van der Waals surface area contributed by atoms with Gasteiger partial charge in [0.2, 0.25) is 0 Å². The van der Waals surface area contributed by atoms with Crippen molar-refractivity contribution in [1.82, 2.24) is 5.32 Å². The van der Waals surface area contributed by atoms with Crippen molar-refractivity contribution in [3.05, 3.63) is 69.9 Å². The summed E-state index contributed by atoms with van der Waals surface area (Å²) in [5.74, 6) is 0.252. The zero-order valence-corrected chi connectivity index (χ0v) is 17.2. The molecular formula is C22H24ClN3O2. The number of nitrogens with one attached hydrogen (secondary N) is 2. The van der Waals surface area contributed by atoms with Gasteiger partial charge in [0.05, 0.1) is 12.6 Å². The lowest BCUT2D eigenvalue weighted by molar-refractivity contribution is -0.117. The Labute approximate surface area is 171 Å². The van der Waals surface area contributed by atoms with E-state index in [0.29, 0.717) is 11.6 Å². The fraction of sp³-hybridized carbons (Fsp3) is 0.273. The molecule has 0 spiro atoms. The summed E-state index contributed by atoms with van der Waals surface area (Å²) in [5, 5.41) is 15.8. The van der Waals surface area contributed by atoms with Gasteiger partial charge >= 0.3 is 0 Å². The minimum Gasteiger partial charge on any atom is -0.494 e. The second-order valence-corrected chi connectivity index (χ2v) is 6.88. The maximum absolute atomic E-state index is 12.6. The SMILES string of the molecule is CCOc1ccc(C)cc1C(C)NC(=O)/C(C#N)=C\Nc1cc(Cl)ccc1C. The molecule has 28 heavy (non-hydrogen) atoms. The quantitative estimate of drug-likeness (QED) is 0.506. The molecule has 0 saturated heterocycles. The summed E-state index contributed by atoms with van der Waals surface area (Å²) >= 11 is 6.00. The van der Waals surface area contributed by atoms with Gasteiger partial charge in [-0.1, -0.05) is 35.4 Å². The van der Waals surface area contributed by atoms with Crippen LogP contribution in [0.5, 0.6) is 5.75 Å². The Hall–Kier alpha value is -2.97. The number of hydrogen-bond donors (Lipinski definition) is 2. The molecule has 0 aliphatic heterocycles. The smallest absolute Gasteiger partial charge is 0.263 e. The zero-order valence-electron chi connectivity index (χ0n) is 16.5. The minimum absolute atomic E-state index is 0.0307. The summed E-state index contributed by atoms with van der Waals surface area (Å²) in [5.41, 5.74) is 3.59. The Morgan fingerprint density at radius 1 is 1.29 bits per heavy atom. The number of carbonyl (C=O) groups is 1. The van der Waals surface area contributed by atoms with Gasteiger partial charge in [-0.2, -0.15) is 5.26 Å². The van der Waals surface area contributed by atoms with E-state index >= 15 is 0 Å². The number of rotatable bonds is 7. The normalized spacial score (nSPS) is 12.1. The van der Waals surface area contributed by atoms with Crippen LogP contribution in [-0.2, 0) is 4.79 Å². The second kappa shape index (κ2) is 9.82. The van der Waals surface area contributed by atoms with E-state index in [1.165, 1.54) is 6.20 Å². The molecule has 1 atom stereocenters. The van der Waals surface area contributed by atoms with Gasteiger partial charge in [0, 0.05) is 22.5 Å². The van der Waals surface area contributed by atoms with E-state index in [-0.39, 0.29) is 11.6 Å². The third kappa shape index (κ3) is 5.51. The number of halogens is 1. The molecule has 146 valence electrons. The number of nitrogens with zero attached hydrogens (tertiary/aromatic N) is 1. The van der Waals surface area contributed by atoms with Crippen LogP contribution < -0.4 is 15.4 Å². The van der Waals surface area contributed by atoms with E-state index in [4.69, 9.17) is 16.3 Å². The molecule has 2 rings (SSSR count). The van der Waals surface area contributed by atoms with Gasteiger partial charge in [0.15, 0.2) is 0 Å². The van der Waals surface area contributed by atoms with Gasteiger partial charge in [-0.3, -0.25) is 4.79 Å². The van der Waals surface area contributed by atoms with Crippen molar-refractivity contribution in [1.29, 1.82) is 5.26 Å². The lowest BCUT2D eigenvalue weighted by Crippen LogP contribution is -2.28. The van der Waals surface area contributed by atoms with E-state index in [2.05, 4.69) is 10.6 Å². The number of aryl methyl sites for hydroxylation is 2. The summed E-state index contributed by atoms with van der Waals surface area (Å²) in [6, 6.07) is 12.8. The van der Waals surface area contributed by atoms with Crippen LogP contribution in [0.3, 0.4) is 0 Å². The first-order valence-electron chi connectivity index (χ1n) is 9.02. The van der Waals surface area contributed by atoms with Crippen molar-refractivity contribution in [2.45, 2.75) is 33.7 Å². The molecule has 6 heteroatoms. The third-order valence-electron chi connectivity index (χ3n) is 4.22. The summed E-state index contributed by atoms with van der Waals surface area (Å²) in [6.07, 6.45) is 1.39. The number of amides is 1. The number of ether oxygens (including phenoxy) is 1. The van der Waals surface area contributed by atoms with E-state index in [9.17, 15) is 10.1 Å². The molecule has 0 radical (unpaired) electrons. The zero-order chi connectivity index (χ0) is 20.7. The van der Waals surface area contributed by atoms with Gasteiger partial charge in [-0.15, -0.1) is 0 Å². The summed E-state index contributed by atoms with van der Waals surface area (Å²) in [7, 11) is 0. The van der Waals surface area contributed by atoms with Crippen molar-refractivity contribution < 1.29 is 9.53 Å². The molecule has 0 heterocycles. The fourth-order valence-corrected chi connectivity index (χ4v) is 2.87. The molecule has 2 aromatic carbocycles. The molecular weight excluding hydrogens is 374 g/mol. The first-order chi connectivity index (χ1) is 13.3. The van der Waals surface area contributed by atoms with Crippen LogP contribution in [-0.4, -0.2) is 12.5 Å². The molecule has 0 aromatic heterocycles. The van der Waals surface area contributed by atoms with Crippen LogP contribution >= 0.6 is 11.6 Å². The highest BCUT2D eigenvalue weighted by Gasteiger charge is 2.17. The van der Waals surface area contributed by atoms with E-state index < -0.39 is 5.91 Å². The van der Waals surface area contributed by atoms with Crippen LogP contribution in [0.15, 0.2) is 48.2 Å². The molecule has 2 aromatic rings. The fourth-order valence-electron chi connectivity index (χ4n) is 2.69. The predicted molar refractivity (Wildman–Crippen MR) is 112 cm³/mol. The second-order valence-electron chi connectivity index (χ2n) is 6.44. The van der Waals surface area contributed by atoms with Crippen molar-refractivity contribution in [2.24, 2.45) is 0 Å². The van der Waals surface area contributed by atoms with Crippen molar-refractivity contribution in [3.8, 4) is 11.8 Å². The monoisotopic (exact) mass is 397 g/mol. The molecule has 2 N–H and O–H groups in total. The summed E-state index contributed by atoms with van der Waals surface area (Å²) in [4.78, 5) is 12.6. The lowest BCUT2D eigenvalue weighted by atomic mass is 10.0. The molecule has 1 unspecified atom stereocenters. The molecule has 0 aliphatic carbocycles. The highest BCUT2D eigenvalue weighted by atomic mass is 35.5. The van der Waals surface area contributed by atoms with E-state index in [1.807, 2.05) is 58.0 Å². The Kier molecular flexibility index (Phi) is 7.48. The first kappa shape index (κ1) is 21.3. The van der Waals surface area contributed by atoms with E-state index in [1.54, 1.807) is 12.1 Å². The van der Waals surface area contributed by atoms with Crippen LogP contribution in [0.4, 0.5) is 5.69 Å². The van der Waals surface area contributed by atoms with Crippen molar-refractivity contribution in [3.63, 3.8) is 0 Å². The van der Waals surface area contributed by atoms with Gasteiger partial charge in [0.1, 0.15) is 17.4 Å². The first-order valence-corrected chi connectivity index (χ1v) is 9.40. The molecule has 0 aliphatic rings. The number of anilines is 1. The molecule has 5 nitrogen and oxygen atoms in total. The van der Waals surface area contributed by atoms with Gasteiger partial charge < -0.3 is 15.4 Å². The van der Waals surface area contributed by atoms with Crippen LogP contribution in [0.1, 0.15) is 36.6 Å². The molecule has 1 amide bonds. The maximum Gasteiger partial charge on any atom is 0.263 e. The number of hydrogen-bond acceptors (Lipinski definition) is 4. The molecule has 0 saturated carbocycles. The highest BCUT2D eigenvalue weighted by Crippen LogP contribution is 2.27. The standard InChI is InChI=1S/C22H24ClN3O2/c1-5-28-21-9-6-14(2)10-19(21)16(4)26-22(27)17(12-24)13-25-20-11-18(23)8-7-15(20)3/h6-11,13,16,25H,5H2,1-4H3,(H,26,27)/b17-13-. The largest absolute Gasteiger partial charge is 0.494 e. The minimum atomic E-state index is -0.467. The summed E-state index contributed by atoms with van der Waals surface area (Å²) < 4.78 is 5.66. The molecule has 0 fully saturated rings. The Balaban J connectivity index is 2.17. The van der Waals surface area contributed by atoms with Crippen molar-refractivity contribution in [2.75, 3.05) is 11.9 Å². The predicted octanol–water partition coefficient (Wildman–Crippen LogP) is 5.05. The average molecular weight is 398 g/mol. The summed E-state index contributed by atoms with van der Waals surface area (Å²) in [6.45, 7) is 8.19. The number of benzene rings is 2. The highest BCUT2D eigenvalue weighted by molar-refractivity contribution is 6.30. The maximum atomic E-state index is 12.6. The van der Waals surface area contributed by atoms with Crippen LogP contribution in [0.2, 0.25) is 5.02 Å². The van der Waals surface area contributed by atoms with Gasteiger partial charge in [0.25, 0.3) is 5.91 Å². The number of carbonyl (C=O) groups excluding carboxylic acids is 1. The number of nitriles is 1. The van der Waals surface area contributed by atoms with Gasteiger partial charge in [-0.05, 0) is 51.5 Å². The van der Waals surface area contributed by atoms with Crippen LogP contribution in [0.25, 0.3) is 0 Å². The topological polar surface area (TPSA) is 74.1 Å². The van der Waals surface area contributed by atoms with Crippen molar-refractivity contribution >= 4 is 23.2 Å². The Morgan fingerprint density at radius 3 is 2.71 bits per heavy atom. The van der Waals surface area contributed by atoms with Crippen LogP contribution in [0, 0.1) is 25.2 Å².